The number of carbonyl (C=O) groups excluding carboxylic acids is 2. The SMILES string of the molecule is CC(C)(C)C1CN(C(=O)c2cccc(C(N)=O)c2)c2ccccc21. The summed E-state index contributed by atoms with van der Waals surface area (Å²) in [4.78, 5) is 26.2. The van der Waals surface area contributed by atoms with E-state index in [-0.39, 0.29) is 17.2 Å². The van der Waals surface area contributed by atoms with Gasteiger partial charge in [0.2, 0.25) is 5.91 Å². The molecule has 1 aliphatic rings. The maximum Gasteiger partial charge on any atom is 0.258 e. The van der Waals surface area contributed by atoms with Crippen molar-refractivity contribution in [1.82, 2.24) is 0 Å². The summed E-state index contributed by atoms with van der Waals surface area (Å²) in [6, 6.07) is 14.6. The predicted molar refractivity (Wildman–Crippen MR) is 95.3 cm³/mol. The van der Waals surface area contributed by atoms with Crippen molar-refractivity contribution in [1.29, 1.82) is 0 Å². The molecule has 3 rings (SSSR count). The maximum absolute atomic E-state index is 13.0. The van der Waals surface area contributed by atoms with Gasteiger partial charge in [-0.25, -0.2) is 0 Å². The second-order valence-corrected chi connectivity index (χ2v) is 7.34. The molecule has 2 aromatic carbocycles. The number of para-hydroxylation sites is 1. The summed E-state index contributed by atoms with van der Waals surface area (Å²) < 4.78 is 0. The number of primary amides is 1. The molecule has 1 heterocycles. The van der Waals surface area contributed by atoms with Gasteiger partial charge in [-0.3, -0.25) is 9.59 Å². The van der Waals surface area contributed by atoms with Gasteiger partial charge in [-0.2, -0.15) is 0 Å². The highest BCUT2D eigenvalue weighted by atomic mass is 16.2. The molecule has 0 spiro atoms. The average Bonchev–Trinajstić information content (AvgIpc) is 2.94. The molecular formula is C20H22N2O2. The normalized spacial score (nSPS) is 16.8. The van der Waals surface area contributed by atoms with Crippen molar-refractivity contribution >= 4 is 17.5 Å². The molecule has 2 aromatic rings. The molecule has 0 fully saturated rings. The van der Waals surface area contributed by atoms with Crippen LogP contribution >= 0.6 is 0 Å². The molecule has 0 radical (unpaired) electrons. The Morgan fingerprint density at radius 1 is 1.04 bits per heavy atom. The topological polar surface area (TPSA) is 63.4 Å². The lowest BCUT2D eigenvalue weighted by atomic mass is 9.78. The Labute approximate surface area is 142 Å². The maximum atomic E-state index is 13.0. The summed E-state index contributed by atoms with van der Waals surface area (Å²) in [5, 5.41) is 0. The Kier molecular flexibility index (Phi) is 3.91. The van der Waals surface area contributed by atoms with Crippen LogP contribution in [0.2, 0.25) is 0 Å². The molecule has 124 valence electrons. The summed E-state index contributed by atoms with van der Waals surface area (Å²) in [6.07, 6.45) is 0. The van der Waals surface area contributed by atoms with Crippen molar-refractivity contribution in [2.24, 2.45) is 11.1 Å². The van der Waals surface area contributed by atoms with E-state index in [1.54, 1.807) is 24.3 Å². The fraction of sp³-hybridized carbons (Fsp3) is 0.300. The highest BCUT2D eigenvalue weighted by Crippen LogP contribution is 2.45. The van der Waals surface area contributed by atoms with E-state index in [0.717, 1.165) is 5.69 Å². The van der Waals surface area contributed by atoms with Gasteiger partial charge in [0, 0.05) is 29.3 Å². The van der Waals surface area contributed by atoms with E-state index in [1.165, 1.54) is 5.56 Å². The molecule has 0 bridgehead atoms. The van der Waals surface area contributed by atoms with Crippen LogP contribution in [-0.4, -0.2) is 18.4 Å². The van der Waals surface area contributed by atoms with Gasteiger partial charge in [0.1, 0.15) is 0 Å². The lowest BCUT2D eigenvalue weighted by molar-refractivity contribution is 0.0985. The molecule has 4 nitrogen and oxygen atoms in total. The molecule has 4 heteroatoms. The first-order chi connectivity index (χ1) is 11.3. The minimum Gasteiger partial charge on any atom is -0.366 e. The molecule has 1 unspecified atom stereocenters. The number of carbonyl (C=O) groups is 2. The summed E-state index contributed by atoms with van der Waals surface area (Å²) in [5.74, 6) is -0.353. The predicted octanol–water partition coefficient (Wildman–Crippen LogP) is 3.58. The Morgan fingerprint density at radius 3 is 2.38 bits per heavy atom. The van der Waals surface area contributed by atoms with Gasteiger partial charge in [-0.15, -0.1) is 0 Å². The van der Waals surface area contributed by atoms with Crippen LogP contribution in [0.1, 0.15) is 53.0 Å². The van der Waals surface area contributed by atoms with E-state index in [1.807, 2.05) is 23.1 Å². The van der Waals surface area contributed by atoms with Gasteiger partial charge < -0.3 is 10.6 Å². The van der Waals surface area contributed by atoms with Gasteiger partial charge in [-0.05, 0) is 35.2 Å². The minimum atomic E-state index is -0.529. The molecule has 0 aromatic heterocycles. The highest BCUT2D eigenvalue weighted by Gasteiger charge is 2.38. The zero-order valence-electron chi connectivity index (χ0n) is 14.2. The Bertz CT molecular complexity index is 805. The number of rotatable bonds is 2. The first-order valence-corrected chi connectivity index (χ1v) is 8.09. The summed E-state index contributed by atoms with van der Waals surface area (Å²) in [5.41, 5.74) is 8.36. The van der Waals surface area contributed by atoms with Crippen molar-refractivity contribution in [3.63, 3.8) is 0 Å². The molecule has 2 amide bonds. The van der Waals surface area contributed by atoms with Crippen LogP contribution in [0.25, 0.3) is 0 Å². The van der Waals surface area contributed by atoms with Crippen LogP contribution in [0.4, 0.5) is 5.69 Å². The van der Waals surface area contributed by atoms with E-state index < -0.39 is 5.91 Å². The molecule has 1 atom stereocenters. The largest absolute Gasteiger partial charge is 0.366 e. The Hall–Kier alpha value is -2.62. The lowest BCUT2D eigenvalue weighted by Crippen LogP contribution is -2.32. The van der Waals surface area contributed by atoms with Gasteiger partial charge in [0.25, 0.3) is 5.91 Å². The quantitative estimate of drug-likeness (QED) is 0.918. The number of hydrogen-bond acceptors (Lipinski definition) is 2. The van der Waals surface area contributed by atoms with E-state index in [0.29, 0.717) is 17.7 Å². The standard InChI is InChI=1S/C20H22N2O2/c1-20(2,3)16-12-22(17-10-5-4-9-15(16)17)19(24)14-8-6-7-13(11-14)18(21)23/h4-11,16H,12H2,1-3H3,(H2,21,23). The van der Waals surface area contributed by atoms with Gasteiger partial charge in [0.15, 0.2) is 0 Å². The summed E-state index contributed by atoms with van der Waals surface area (Å²) >= 11 is 0. The van der Waals surface area contributed by atoms with Gasteiger partial charge in [0.05, 0.1) is 0 Å². The van der Waals surface area contributed by atoms with Crippen molar-refractivity contribution in [2.45, 2.75) is 26.7 Å². The summed E-state index contributed by atoms with van der Waals surface area (Å²) in [6.45, 7) is 7.21. The average molecular weight is 322 g/mol. The third-order valence-electron chi connectivity index (χ3n) is 4.65. The molecular weight excluding hydrogens is 300 g/mol. The van der Waals surface area contributed by atoms with Crippen LogP contribution in [0.15, 0.2) is 48.5 Å². The van der Waals surface area contributed by atoms with Crippen molar-refractivity contribution in [2.75, 3.05) is 11.4 Å². The first-order valence-electron chi connectivity index (χ1n) is 8.09. The molecule has 0 aliphatic carbocycles. The number of nitrogens with two attached hydrogens (primary N) is 1. The van der Waals surface area contributed by atoms with Crippen LogP contribution in [0, 0.1) is 5.41 Å². The fourth-order valence-electron chi connectivity index (χ4n) is 3.30. The van der Waals surface area contributed by atoms with Crippen LogP contribution in [0.3, 0.4) is 0 Å². The number of hydrogen-bond donors (Lipinski definition) is 1. The number of benzene rings is 2. The lowest BCUT2D eigenvalue weighted by Gasteiger charge is -2.27. The smallest absolute Gasteiger partial charge is 0.258 e. The van der Waals surface area contributed by atoms with E-state index >= 15 is 0 Å². The third kappa shape index (κ3) is 2.80. The van der Waals surface area contributed by atoms with Crippen LogP contribution in [0.5, 0.6) is 0 Å². The summed E-state index contributed by atoms with van der Waals surface area (Å²) in [7, 11) is 0. The fourth-order valence-corrected chi connectivity index (χ4v) is 3.30. The van der Waals surface area contributed by atoms with E-state index in [9.17, 15) is 9.59 Å². The Morgan fingerprint density at radius 2 is 1.71 bits per heavy atom. The van der Waals surface area contributed by atoms with E-state index in [2.05, 4.69) is 26.8 Å². The Balaban J connectivity index is 2.00. The second kappa shape index (κ2) is 5.78. The molecule has 0 saturated carbocycles. The monoisotopic (exact) mass is 322 g/mol. The van der Waals surface area contributed by atoms with Crippen LogP contribution in [-0.2, 0) is 0 Å². The zero-order chi connectivity index (χ0) is 17.5. The molecule has 2 N–H and O–H groups in total. The number of nitrogens with zero attached hydrogens (tertiary/aromatic N) is 1. The number of amides is 2. The van der Waals surface area contributed by atoms with E-state index in [4.69, 9.17) is 5.73 Å². The van der Waals surface area contributed by atoms with Crippen molar-refractivity contribution in [3.8, 4) is 0 Å². The van der Waals surface area contributed by atoms with Gasteiger partial charge in [-0.1, -0.05) is 45.0 Å². The molecule has 0 saturated heterocycles. The zero-order valence-corrected chi connectivity index (χ0v) is 14.2. The second-order valence-electron chi connectivity index (χ2n) is 7.34. The molecule has 1 aliphatic heterocycles. The number of fused-ring (bicyclic) bond motifs is 1. The van der Waals surface area contributed by atoms with Crippen molar-refractivity contribution in [3.05, 3.63) is 65.2 Å². The van der Waals surface area contributed by atoms with Crippen molar-refractivity contribution < 1.29 is 9.59 Å². The highest BCUT2D eigenvalue weighted by molar-refractivity contribution is 6.08. The van der Waals surface area contributed by atoms with Gasteiger partial charge >= 0.3 is 0 Å². The third-order valence-corrected chi connectivity index (χ3v) is 4.65. The first kappa shape index (κ1) is 16.2. The van der Waals surface area contributed by atoms with Crippen LogP contribution < -0.4 is 10.6 Å². The number of anilines is 1. The molecule has 24 heavy (non-hydrogen) atoms. The minimum absolute atomic E-state index is 0.0558.